The van der Waals surface area contributed by atoms with Gasteiger partial charge in [-0.05, 0) is 62.4 Å². The molecule has 3 aromatic rings. The Kier molecular flexibility index (Phi) is 8.15. The molecule has 0 spiro atoms. The van der Waals surface area contributed by atoms with Crippen molar-refractivity contribution >= 4 is 27.5 Å². The summed E-state index contributed by atoms with van der Waals surface area (Å²) in [6.45, 7) is 11.6. The van der Waals surface area contributed by atoms with Crippen molar-refractivity contribution in [3.05, 3.63) is 56.4 Å². The van der Waals surface area contributed by atoms with Crippen molar-refractivity contribution in [3.63, 3.8) is 0 Å². The Morgan fingerprint density at radius 3 is 2.69 bits per heavy atom. The van der Waals surface area contributed by atoms with Gasteiger partial charge in [-0.1, -0.05) is 33.6 Å². The standard InChI is InChI=1S/C28H37N3O4S/c1-6-7-8-9-23-29-26-24(21-16-28(4,5)35-17-22(21)36-26)27(33)31(23)30-25(32)19-10-12-20(13-11-19)34-15-14-18(2)3/h10-13,18H,6-9,14-17H2,1-5H3,(H,30,32). The van der Waals surface area contributed by atoms with Crippen molar-refractivity contribution in [1.82, 2.24) is 9.66 Å². The van der Waals surface area contributed by atoms with Crippen LogP contribution in [0.2, 0.25) is 0 Å². The summed E-state index contributed by atoms with van der Waals surface area (Å²) in [5.74, 6) is 1.53. The number of thiophene rings is 1. The molecular weight excluding hydrogens is 474 g/mol. The van der Waals surface area contributed by atoms with Crippen LogP contribution in [0.4, 0.5) is 0 Å². The molecule has 1 aromatic carbocycles. The summed E-state index contributed by atoms with van der Waals surface area (Å²) in [6, 6.07) is 7.03. The number of ether oxygens (including phenoxy) is 2. The zero-order valence-electron chi connectivity index (χ0n) is 22.0. The molecule has 0 radical (unpaired) electrons. The maximum Gasteiger partial charge on any atom is 0.281 e. The molecular formula is C28H37N3O4S. The molecule has 0 unspecified atom stereocenters. The third-order valence-electron chi connectivity index (χ3n) is 6.47. The normalized spacial score (nSPS) is 14.7. The van der Waals surface area contributed by atoms with Crippen molar-refractivity contribution in [1.29, 1.82) is 0 Å². The molecule has 36 heavy (non-hydrogen) atoms. The number of carbonyl (C=O) groups excluding carboxylic acids is 1. The number of rotatable bonds is 10. The lowest BCUT2D eigenvalue weighted by atomic mass is 9.94. The van der Waals surface area contributed by atoms with Gasteiger partial charge < -0.3 is 9.47 Å². The molecule has 194 valence electrons. The lowest BCUT2D eigenvalue weighted by molar-refractivity contribution is -0.0379. The molecule has 0 saturated heterocycles. The van der Waals surface area contributed by atoms with Crippen LogP contribution in [0.15, 0.2) is 29.1 Å². The third kappa shape index (κ3) is 5.98. The minimum Gasteiger partial charge on any atom is -0.494 e. The van der Waals surface area contributed by atoms with E-state index in [0.29, 0.717) is 48.7 Å². The average molecular weight is 512 g/mol. The number of nitrogens with zero attached hydrogens (tertiary/aromatic N) is 2. The van der Waals surface area contributed by atoms with Crippen molar-refractivity contribution in [2.45, 2.75) is 85.4 Å². The van der Waals surface area contributed by atoms with Crippen LogP contribution in [0, 0.1) is 5.92 Å². The Morgan fingerprint density at radius 2 is 2.00 bits per heavy atom. The summed E-state index contributed by atoms with van der Waals surface area (Å²) in [4.78, 5) is 33.6. The van der Waals surface area contributed by atoms with E-state index in [1.54, 1.807) is 24.3 Å². The van der Waals surface area contributed by atoms with E-state index in [1.807, 2.05) is 13.8 Å². The quantitative estimate of drug-likeness (QED) is 0.345. The van der Waals surface area contributed by atoms with Crippen LogP contribution in [0.5, 0.6) is 5.75 Å². The van der Waals surface area contributed by atoms with Crippen LogP contribution >= 0.6 is 11.3 Å². The van der Waals surface area contributed by atoms with Gasteiger partial charge in [0, 0.05) is 23.3 Å². The Balaban J connectivity index is 1.63. The van der Waals surface area contributed by atoms with Gasteiger partial charge in [0.05, 0.1) is 24.2 Å². The number of hydrogen-bond donors (Lipinski definition) is 1. The molecule has 3 heterocycles. The maximum atomic E-state index is 13.8. The first kappa shape index (κ1) is 26.4. The van der Waals surface area contributed by atoms with E-state index in [2.05, 4.69) is 26.2 Å². The molecule has 4 rings (SSSR count). The second kappa shape index (κ2) is 11.1. The number of carbonyl (C=O) groups is 1. The molecule has 1 aliphatic heterocycles. The van der Waals surface area contributed by atoms with Crippen LogP contribution in [-0.2, 0) is 24.2 Å². The number of amides is 1. The van der Waals surface area contributed by atoms with Gasteiger partial charge in [-0.25, -0.2) is 9.66 Å². The van der Waals surface area contributed by atoms with E-state index in [9.17, 15) is 9.59 Å². The highest BCUT2D eigenvalue weighted by Crippen LogP contribution is 2.37. The fourth-order valence-corrected chi connectivity index (χ4v) is 5.44. The summed E-state index contributed by atoms with van der Waals surface area (Å²) < 4.78 is 13.1. The highest BCUT2D eigenvalue weighted by Gasteiger charge is 2.31. The van der Waals surface area contributed by atoms with Gasteiger partial charge in [-0.3, -0.25) is 15.0 Å². The van der Waals surface area contributed by atoms with Crippen LogP contribution in [-0.4, -0.2) is 27.8 Å². The third-order valence-corrected chi connectivity index (χ3v) is 7.57. The highest BCUT2D eigenvalue weighted by molar-refractivity contribution is 7.18. The van der Waals surface area contributed by atoms with Gasteiger partial charge in [-0.2, -0.15) is 0 Å². The second-order valence-corrected chi connectivity index (χ2v) is 11.6. The largest absolute Gasteiger partial charge is 0.494 e. The Bertz CT molecular complexity index is 1270. The van der Waals surface area contributed by atoms with Crippen LogP contribution < -0.4 is 15.7 Å². The van der Waals surface area contributed by atoms with Crippen molar-refractivity contribution in [2.24, 2.45) is 5.92 Å². The number of unbranched alkanes of at least 4 members (excludes halogenated alkanes) is 2. The van der Waals surface area contributed by atoms with Crippen LogP contribution in [0.3, 0.4) is 0 Å². The number of hydrogen-bond acceptors (Lipinski definition) is 6. The van der Waals surface area contributed by atoms with Gasteiger partial charge in [0.15, 0.2) is 0 Å². The van der Waals surface area contributed by atoms with Crippen molar-refractivity contribution in [2.75, 3.05) is 12.0 Å². The molecule has 0 saturated carbocycles. The maximum absolute atomic E-state index is 13.8. The predicted molar refractivity (Wildman–Crippen MR) is 145 cm³/mol. The van der Waals surface area contributed by atoms with E-state index in [4.69, 9.17) is 14.5 Å². The average Bonchev–Trinajstić information content (AvgIpc) is 3.18. The molecule has 0 bridgehead atoms. The molecule has 0 atom stereocenters. The molecule has 1 aliphatic rings. The lowest BCUT2D eigenvalue weighted by Crippen LogP contribution is -2.37. The van der Waals surface area contributed by atoms with Gasteiger partial charge in [0.2, 0.25) is 0 Å². The number of aryl methyl sites for hydroxylation is 1. The van der Waals surface area contributed by atoms with Crippen molar-refractivity contribution in [3.8, 4) is 5.75 Å². The SMILES string of the molecule is CCCCCc1nc2sc3c(c2c(=O)n1NC(=O)c1ccc(OCCC(C)C)cc1)CC(C)(C)OC3. The minimum absolute atomic E-state index is 0.219. The monoisotopic (exact) mass is 511 g/mol. The summed E-state index contributed by atoms with van der Waals surface area (Å²) >= 11 is 1.53. The molecule has 8 heteroatoms. The number of nitrogens with one attached hydrogen (secondary N) is 1. The van der Waals surface area contributed by atoms with E-state index >= 15 is 0 Å². The van der Waals surface area contributed by atoms with Crippen LogP contribution in [0.25, 0.3) is 10.2 Å². The number of aromatic nitrogens is 2. The molecule has 0 aliphatic carbocycles. The Morgan fingerprint density at radius 1 is 1.25 bits per heavy atom. The molecule has 1 N–H and O–H groups in total. The van der Waals surface area contributed by atoms with Gasteiger partial charge in [-0.15, -0.1) is 11.3 Å². The number of benzene rings is 1. The molecule has 1 amide bonds. The smallest absolute Gasteiger partial charge is 0.281 e. The minimum atomic E-state index is -0.350. The summed E-state index contributed by atoms with van der Waals surface area (Å²) in [5.41, 5.74) is 3.73. The molecule has 0 fully saturated rings. The van der Waals surface area contributed by atoms with E-state index in [1.165, 1.54) is 16.0 Å². The van der Waals surface area contributed by atoms with Gasteiger partial charge in [0.25, 0.3) is 11.5 Å². The highest BCUT2D eigenvalue weighted by atomic mass is 32.1. The van der Waals surface area contributed by atoms with Crippen molar-refractivity contribution < 1.29 is 14.3 Å². The second-order valence-electron chi connectivity index (χ2n) is 10.5. The fourth-order valence-electron chi connectivity index (χ4n) is 4.33. The zero-order chi connectivity index (χ0) is 25.9. The van der Waals surface area contributed by atoms with E-state index < -0.39 is 0 Å². The first-order valence-corrected chi connectivity index (χ1v) is 13.7. The predicted octanol–water partition coefficient (Wildman–Crippen LogP) is 5.85. The van der Waals surface area contributed by atoms with Gasteiger partial charge >= 0.3 is 0 Å². The Labute approximate surface area is 216 Å². The van der Waals surface area contributed by atoms with E-state index in [0.717, 1.165) is 46.7 Å². The van der Waals surface area contributed by atoms with Crippen LogP contribution in [0.1, 0.15) is 86.9 Å². The lowest BCUT2D eigenvalue weighted by Gasteiger charge is -2.29. The van der Waals surface area contributed by atoms with E-state index in [-0.39, 0.29) is 17.1 Å². The first-order valence-electron chi connectivity index (χ1n) is 12.9. The number of fused-ring (bicyclic) bond motifs is 3. The first-order chi connectivity index (χ1) is 17.2. The fraction of sp³-hybridized carbons (Fsp3) is 0.536. The Hall–Kier alpha value is -2.71. The summed E-state index contributed by atoms with van der Waals surface area (Å²) in [7, 11) is 0. The summed E-state index contributed by atoms with van der Waals surface area (Å²) in [6.07, 6.45) is 5.21. The summed E-state index contributed by atoms with van der Waals surface area (Å²) in [5, 5.41) is 0.597. The molecule has 7 nitrogen and oxygen atoms in total. The topological polar surface area (TPSA) is 82.5 Å². The van der Waals surface area contributed by atoms with Gasteiger partial charge in [0.1, 0.15) is 16.4 Å². The zero-order valence-corrected chi connectivity index (χ0v) is 22.8. The molecule has 2 aromatic heterocycles.